The molecule has 12 heteroatoms. The highest BCUT2D eigenvalue weighted by atomic mass is 16.2. The van der Waals surface area contributed by atoms with Gasteiger partial charge in [-0.1, -0.05) is 0 Å². The highest BCUT2D eigenvalue weighted by Gasteiger charge is 2.35. The minimum Gasteiger partial charge on any atom is -0.304 e. The fraction of sp³-hybridized carbons (Fsp3) is 0.818. The Balaban J connectivity index is 1.20. The molecule has 0 spiro atoms. The van der Waals surface area contributed by atoms with E-state index in [1.165, 1.54) is 9.80 Å². The smallest absolute Gasteiger partial charge is 0.244 e. The lowest BCUT2D eigenvalue weighted by molar-refractivity contribution is -0.157. The van der Waals surface area contributed by atoms with E-state index in [2.05, 4.69) is 33.7 Å². The van der Waals surface area contributed by atoms with E-state index in [1.54, 1.807) is 0 Å². The molecule has 0 bridgehead atoms. The summed E-state index contributed by atoms with van der Waals surface area (Å²) in [6, 6.07) is 0. The predicted octanol–water partition coefficient (Wildman–Crippen LogP) is -3.26. The average molecular weight is 479 g/mol. The van der Waals surface area contributed by atoms with Crippen LogP contribution < -0.4 is 0 Å². The van der Waals surface area contributed by atoms with Crippen molar-refractivity contribution in [1.82, 2.24) is 39.2 Å². The lowest BCUT2D eigenvalue weighted by atomic mass is 10.2. The molecular formula is C22H38N8O4. The lowest BCUT2D eigenvalue weighted by Gasteiger charge is -2.40. The molecule has 4 heterocycles. The number of nitrogens with zero attached hydrogens (tertiary/aromatic N) is 8. The van der Waals surface area contributed by atoms with Gasteiger partial charge in [-0.15, -0.1) is 0 Å². The Morgan fingerprint density at radius 3 is 1.06 bits per heavy atom. The molecule has 0 radical (unpaired) electrons. The van der Waals surface area contributed by atoms with Crippen LogP contribution in [-0.2, 0) is 19.2 Å². The van der Waals surface area contributed by atoms with Gasteiger partial charge in [-0.05, 0) is 14.1 Å². The summed E-state index contributed by atoms with van der Waals surface area (Å²) in [6.45, 7) is 9.52. The van der Waals surface area contributed by atoms with Crippen LogP contribution in [0.4, 0.5) is 0 Å². The van der Waals surface area contributed by atoms with E-state index in [1.807, 2.05) is 9.80 Å². The summed E-state index contributed by atoms with van der Waals surface area (Å²) in [7, 11) is 4.14. The van der Waals surface area contributed by atoms with Gasteiger partial charge in [0.1, 0.15) is 0 Å². The third kappa shape index (κ3) is 6.37. The fourth-order valence-electron chi connectivity index (χ4n) is 4.79. The van der Waals surface area contributed by atoms with Gasteiger partial charge in [0.15, 0.2) is 0 Å². The van der Waals surface area contributed by atoms with Crippen molar-refractivity contribution in [2.45, 2.75) is 0 Å². The number of carbonyl (C=O) groups is 4. The Labute approximate surface area is 201 Å². The number of likely N-dealkylation sites (N-methyl/N-ethyl adjacent to an activating group) is 2. The molecule has 12 nitrogen and oxygen atoms in total. The summed E-state index contributed by atoms with van der Waals surface area (Å²) in [5, 5.41) is 0. The van der Waals surface area contributed by atoms with Crippen LogP contribution in [0.15, 0.2) is 0 Å². The molecule has 0 saturated carbocycles. The van der Waals surface area contributed by atoms with E-state index in [0.717, 1.165) is 52.4 Å². The maximum Gasteiger partial charge on any atom is 0.244 e. The fourth-order valence-corrected chi connectivity index (χ4v) is 4.79. The minimum absolute atomic E-state index is 0.181. The van der Waals surface area contributed by atoms with Crippen LogP contribution >= 0.6 is 0 Å². The molecule has 0 N–H and O–H groups in total. The van der Waals surface area contributed by atoms with Gasteiger partial charge >= 0.3 is 0 Å². The van der Waals surface area contributed by atoms with Gasteiger partial charge in [-0.3, -0.25) is 48.6 Å². The topological polar surface area (TPSA) is 94.2 Å². The lowest BCUT2D eigenvalue weighted by Crippen LogP contribution is -2.61. The summed E-state index contributed by atoms with van der Waals surface area (Å²) in [4.78, 5) is 65.7. The second kappa shape index (κ2) is 11.2. The second-order valence-corrected chi connectivity index (χ2v) is 9.98. The van der Waals surface area contributed by atoms with E-state index in [-0.39, 0.29) is 49.8 Å². The Bertz CT molecular complexity index is 679. The molecule has 4 rings (SSSR count). The normalized spacial score (nSPS) is 26.2. The zero-order chi connectivity index (χ0) is 24.2. The van der Waals surface area contributed by atoms with E-state index in [9.17, 15) is 19.2 Å². The van der Waals surface area contributed by atoms with Crippen molar-refractivity contribution in [1.29, 1.82) is 0 Å². The first-order chi connectivity index (χ1) is 16.3. The predicted molar refractivity (Wildman–Crippen MR) is 124 cm³/mol. The number of rotatable bonds is 7. The number of piperazine rings is 4. The molecule has 0 aromatic heterocycles. The third-order valence-electron chi connectivity index (χ3n) is 7.25. The van der Waals surface area contributed by atoms with Gasteiger partial charge in [0.2, 0.25) is 23.6 Å². The van der Waals surface area contributed by atoms with Crippen LogP contribution in [0.3, 0.4) is 0 Å². The summed E-state index contributed by atoms with van der Waals surface area (Å²) in [6.07, 6.45) is 0. The van der Waals surface area contributed by atoms with E-state index >= 15 is 0 Å². The van der Waals surface area contributed by atoms with Gasteiger partial charge in [-0.2, -0.15) is 0 Å². The number of carbonyl (C=O) groups excluding carboxylic acids is 4. The van der Waals surface area contributed by atoms with Crippen molar-refractivity contribution >= 4 is 23.6 Å². The molecule has 0 unspecified atom stereocenters. The van der Waals surface area contributed by atoms with Gasteiger partial charge in [0.25, 0.3) is 0 Å². The Morgan fingerprint density at radius 1 is 0.471 bits per heavy atom. The van der Waals surface area contributed by atoms with Crippen LogP contribution in [0.1, 0.15) is 0 Å². The molecule has 0 atom stereocenters. The first-order valence-electron chi connectivity index (χ1n) is 12.2. The summed E-state index contributed by atoms with van der Waals surface area (Å²) < 4.78 is 0. The summed E-state index contributed by atoms with van der Waals surface area (Å²) >= 11 is 0. The molecule has 4 fully saturated rings. The molecule has 0 aromatic carbocycles. The van der Waals surface area contributed by atoms with Crippen molar-refractivity contribution in [3.05, 3.63) is 0 Å². The van der Waals surface area contributed by atoms with Crippen LogP contribution in [-0.4, -0.2) is 182 Å². The molecule has 4 amide bonds. The van der Waals surface area contributed by atoms with Crippen molar-refractivity contribution in [3.8, 4) is 0 Å². The van der Waals surface area contributed by atoms with Crippen LogP contribution in [0.5, 0.6) is 0 Å². The SMILES string of the molecule is CN1CCN(CN2C(=O)CN(CCN3CC(=O)N(CN4CCN(C)CC4)C(=O)C3)CC2=O)CC1. The van der Waals surface area contributed by atoms with Crippen molar-refractivity contribution in [3.63, 3.8) is 0 Å². The van der Waals surface area contributed by atoms with Crippen LogP contribution in [0.25, 0.3) is 0 Å². The summed E-state index contributed by atoms with van der Waals surface area (Å²) in [5.74, 6) is -0.725. The number of amides is 4. The molecular weight excluding hydrogens is 440 g/mol. The zero-order valence-electron chi connectivity index (χ0n) is 20.5. The first-order valence-corrected chi connectivity index (χ1v) is 12.2. The molecule has 4 saturated heterocycles. The molecule has 0 aliphatic carbocycles. The Hall–Kier alpha value is -1.96. The second-order valence-electron chi connectivity index (χ2n) is 9.98. The summed E-state index contributed by atoms with van der Waals surface area (Å²) in [5.41, 5.74) is 0. The molecule has 4 aliphatic rings. The highest BCUT2D eigenvalue weighted by molar-refractivity contribution is 6.00. The Morgan fingerprint density at radius 2 is 0.765 bits per heavy atom. The van der Waals surface area contributed by atoms with Gasteiger partial charge < -0.3 is 9.80 Å². The van der Waals surface area contributed by atoms with E-state index < -0.39 is 0 Å². The van der Waals surface area contributed by atoms with Crippen molar-refractivity contribution in [2.75, 3.05) is 119 Å². The third-order valence-corrected chi connectivity index (χ3v) is 7.25. The molecule has 190 valence electrons. The maximum absolute atomic E-state index is 12.7. The number of hydrogen-bond donors (Lipinski definition) is 0. The van der Waals surface area contributed by atoms with Gasteiger partial charge in [-0.25, -0.2) is 0 Å². The highest BCUT2D eigenvalue weighted by Crippen LogP contribution is 2.11. The number of hydrogen-bond acceptors (Lipinski definition) is 10. The van der Waals surface area contributed by atoms with Crippen LogP contribution in [0, 0.1) is 0 Å². The zero-order valence-corrected chi connectivity index (χ0v) is 20.5. The standard InChI is InChI=1S/C22H38N8O4/c1-23-3-7-25(8-4-23)17-29-19(31)13-27(14-20(29)32)11-12-28-15-21(33)30(22(34)16-28)18-26-9-5-24(2)6-10-26/h3-18H2,1-2H3. The van der Waals surface area contributed by atoms with Crippen LogP contribution in [0.2, 0.25) is 0 Å². The monoisotopic (exact) mass is 478 g/mol. The average Bonchev–Trinajstić information content (AvgIpc) is 2.80. The number of imide groups is 2. The van der Waals surface area contributed by atoms with E-state index in [0.29, 0.717) is 26.4 Å². The minimum atomic E-state index is -0.181. The van der Waals surface area contributed by atoms with Gasteiger partial charge in [0, 0.05) is 65.4 Å². The molecule has 34 heavy (non-hydrogen) atoms. The van der Waals surface area contributed by atoms with Crippen molar-refractivity contribution < 1.29 is 19.2 Å². The maximum atomic E-state index is 12.7. The van der Waals surface area contributed by atoms with Crippen molar-refractivity contribution in [2.24, 2.45) is 0 Å². The molecule has 4 aliphatic heterocycles. The first kappa shape index (κ1) is 25.1. The molecule has 0 aromatic rings. The van der Waals surface area contributed by atoms with Gasteiger partial charge in [0.05, 0.1) is 39.5 Å². The Kier molecular flexibility index (Phi) is 8.27. The largest absolute Gasteiger partial charge is 0.304 e. The quantitative estimate of drug-likeness (QED) is 0.347. The van der Waals surface area contributed by atoms with E-state index in [4.69, 9.17) is 0 Å².